The fraction of sp³-hybridized carbons (Fsp3) is 0.0690. The summed E-state index contributed by atoms with van der Waals surface area (Å²) in [5.74, 6) is 3.75. The molecule has 0 aromatic heterocycles. The van der Waals surface area contributed by atoms with Crippen molar-refractivity contribution in [1.29, 1.82) is 0 Å². The summed E-state index contributed by atoms with van der Waals surface area (Å²) in [6.45, 7) is 4.70. The van der Waals surface area contributed by atoms with Crippen molar-refractivity contribution in [2.24, 2.45) is 0 Å². The van der Waals surface area contributed by atoms with E-state index in [0.29, 0.717) is 0 Å². The van der Waals surface area contributed by atoms with Gasteiger partial charge in [0.15, 0.2) is 0 Å². The lowest BCUT2D eigenvalue weighted by molar-refractivity contribution is 0.455. The maximum atomic E-state index is 6.90. The van der Waals surface area contributed by atoms with Gasteiger partial charge in [0.2, 0.25) is 0 Å². The highest BCUT2D eigenvalue weighted by molar-refractivity contribution is 8.00. The summed E-state index contributed by atoms with van der Waals surface area (Å²) in [4.78, 5) is 4.60. The number of ether oxygens (including phenoxy) is 2. The van der Waals surface area contributed by atoms with Crippen molar-refractivity contribution in [3.8, 4) is 67.5 Å². The molecular weight excluding hydrogens is 793 g/mol. The van der Waals surface area contributed by atoms with E-state index in [1.54, 1.807) is 23.5 Å². The first kappa shape index (κ1) is 36.0. The molecule has 2 aliphatic carbocycles. The predicted molar refractivity (Wildman–Crippen MR) is 253 cm³/mol. The van der Waals surface area contributed by atoms with Gasteiger partial charge >= 0.3 is 0 Å². The molecule has 0 atom stereocenters. The maximum Gasteiger partial charge on any atom is 0.149 e. The zero-order valence-electron chi connectivity index (χ0n) is 34.1. The molecule has 0 unspecified atom stereocenters. The van der Waals surface area contributed by atoms with Gasteiger partial charge in [-0.05, 0) is 121 Å². The summed E-state index contributed by atoms with van der Waals surface area (Å²) in [6.07, 6.45) is 0. The third-order valence-corrected chi connectivity index (χ3v) is 15.7. The Balaban J connectivity index is 0.950. The number of para-hydroxylation sites is 2. The lowest BCUT2D eigenvalue weighted by Crippen LogP contribution is -2.28. The van der Waals surface area contributed by atoms with Crippen molar-refractivity contribution < 1.29 is 9.47 Å². The fourth-order valence-electron chi connectivity index (χ4n) is 10.6. The minimum Gasteiger partial charge on any atom is -0.454 e. The van der Waals surface area contributed by atoms with Crippen LogP contribution < -0.4 is 9.47 Å². The molecule has 9 aromatic rings. The van der Waals surface area contributed by atoms with Crippen LogP contribution >= 0.6 is 23.5 Å². The molecule has 62 heavy (non-hydrogen) atoms. The first-order valence-corrected chi connectivity index (χ1v) is 22.9. The third-order valence-electron chi connectivity index (χ3n) is 13.5. The Morgan fingerprint density at radius 3 is 1.40 bits per heavy atom. The van der Waals surface area contributed by atoms with Gasteiger partial charge in [-0.25, -0.2) is 0 Å². The largest absolute Gasteiger partial charge is 0.454 e. The van der Waals surface area contributed by atoms with Crippen LogP contribution in [0.3, 0.4) is 0 Å². The van der Waals surface area contributed by atoms with Gasteiger partial charge in [0, 0.05) is 16.5 Å². The molecule has 0 amide bonds. The normalized spacial score (nSPS) is 15.0. The van der Waals surface area contributed by atoms with Crippen LogP contribution in [-0.4, -0.2) is 0 Å². The molecule has 2 heterocycles. The number of rotatable bonds is 4. The van der Waals surface area contributed by atoms with Crippen LogP contribution in [0.1, 0.15) is 47.2 Å². The monoisotopic (exact) mass is 830 g/mol. The Morgan fingerprint density at radius 1 is 0.355 bits per heavy atom. The van der Waals surface area contributed by atoms with Gasteiger partial charge < -0.3 is 9.47 Å². The molecule has 9 aromatic carbocycles. The number of hydrogen-bond acceptors (Lipinski definition) is 4. The summed E-state index contributed by atoms with van der Waals surface area (Å²) in [5, 5.41) is 0. The SMILES string of the molecule is CC1(C)c2cc(-c3cccc(-c4ccc5c(c4)C(c4ccccc4)(c4ccccc4)c4ccc6c(c4-5)Oc4ccccc4S6)c3)ccc2-c2c1ccc1c2Oc2ccccc2S1. The molecule has 2 nitrogen and oxygen atoms in total. The van der Waals surface area contributed by atoms with E-state index in [1.165, 1.54) is 82.8 Å². The molecule has 0 N–H and O–H groups in total. The van der Waals surface area contributed by atoms with Crippen molar-refractivity contribution >= 4 is 23.5 Å². The Morgan fingerprint density at radius 2 is 0.823 bits per heavy atom. The minimum absolute atomic E-state index is 0.186. The van der Waals surface area contributed by atoms with E-state index in [2.05, 4.69) is 208 Å². The molecule has 4 aliphatic rings. The molecule has 4 heteroatoms. The number of benzene rings is 9. The zero-order chi connectivity index (χ0) is 41.2. The Hall–Kier alpha value is -6.72. The Bertz CT molecular complexity index is 3290. The molecule has 0 spiro atoms. The van der Waals surface area contributed by atoms with E-state index in [0.717, 1.165) is 37.7 Å². The van der Waals surface area contributed by atoms with Crippen molar-refractivity contribution in [1.82, 2.24) is 0 Å². The van der Waals surface area contributed by atoms with Gasteiger partial charge in [-0.3, -0.25) is 0 Å². The molecule has 0 saturated heterocycles. The van der Waals surface area contributed by atoms with Gasteiger partial charge in [-0.1, -0.05) is 177 Å². The highest BCUT2D eigenvalue weighted by Crippen LogP contribution is 2.63. The van der Waals surface area contributed by atoms with Crippen molar-refractivity contribution in [2.75, 3.05) is 0 Å². The van der Waals surface area contributed by atoms with E-state index in [1.807, 2.05) is 0 Å². The Labute approximate surface area is 370 Å². The summed E-state index contributed by atoms with van der Waals surface area (Å²) >= 11 is 3.58. The molecule has 294 valence electrons. The first-order valence-electron chi connectivity index (χ1n) is 21.2. The van der Waals surface area contributed by atoms with E-state index in [-0.39, 0.29) is 5.41 Å². The molecular formula is C58H38O2S2. The van der Waals surface area contributed by atoms with Crippen LogP contribution in [-0.2, 0) is 10.8 Å². The second-order valence-electron chi connectivity index (χ2n) is 17.1. The van der Waals surface area contributed by atoms with Gasteiger partial charge in [0.25, 0.3) is 0 Å². The molecule has 0 saturated carbocycles. The first-order chi connectivity index (χ1) is 30.5. The smallest absolute Gasteiger partial charge is 0.149 e. The fourth-order valence-corrected chi connectivity index (χ4v) is 12.5. The molecule has 13 rings (SSSR count). The lowest BCUT2D eigenvalue weighted by atomic mass is 9.67. The highest BCUT2D eigenvalue weighted by Gasteiger charge is 2.48. The molecule has 2 aliphatic heterocycles. The van der Waals surface area contributed by atoms with Crippen molar-refractivity contribution in [3.05, 3.63) is 228 Å². The summed E-state index contributed by atoms with van der Waals surface area (Å²) in [5.41, 5.74) is 16.5. The summed E-state index contributed by atoms with van der Waals surface area (Å²) < 4.78 is 13.6. The van der Waals surface area contributed by atoms with E-state index in [4.69, 9.17) is 9.47 Å². The second-order valence-corrected chi connectivity index (χ2v) is 19.3. The summed E-state index contributed by atoms with van der Waals surface area (Å²) in [6, 6.07) is 71.1. The van der Waals surface area contributed by atoms with E-state index >= 15 is 0 Å². The minimum atomic E-state index is -0.565. The van der Waals surface area contributed by atoms with Crippen LogP contribution in [0.2, 0.25) is 0 Å². The van der Waals surface area contributed by atoms with Crippen LogP contribution in [0.25, 0.3) is 44.5 Å². The van der Waals surface area contributed by atoms with Crippen LogP contribution in [0.15, 0.2) is 214 Å². The molecule has 0 bridgehead atoms. The highest BCUT2D eigenvalue weighted by atomic mass is 32.2. The van der Waals surface area contributed by atoms with E-state index in [9.17, 15) is 0 Å². The van der Waals surface area contributed by atoms with Gasteiger partial charge in [-0.15, -0.1) is 0 Å². The topological polar surface area (TPSA) is 18.5 Å². The van der Waals surface area contributed by atoms with E-state index < -0.39 is 5.41 Å². The number of fused-ring (bicyclic) bond motifs is 12. The number of hydrogen-bond donors (Lipinski definition) is 0. The predicted octanol–water partition coefficient (Wildman–Crippen LogP) is 16.2. The van der Waals surface area contributed by atoms with Crippen LogP contribution in [0.4, 0.5) is 0 Å². The molecule has 0 radical (unpaired) electrons. The zero-order valence-corrected chi connectivity index (χ0v) is 35.7. The quantitative estimate of drug-likeness (QED) is 0.176. The molecule has 0 fully saturated rings. The van der Waals surface area contributed by atoms with Crippen LogP contribution in [0.5, 0.6) is 23.0 Å². The van der Waals surface area contributed by atoms with Crippen molar-refractivity contribution in [2.45, 2.75) is 44.3 Å². The lowest BCUT2D eigenvalue weighted by Gasteiger charge is -2.34. The van der Waals surface area contributed by atoms with Crippen molar-refractivity contribution in [3.63, 3.8) is 0 Å². The van der Waals surface area contributed by atoms with Gasteiger partial charge in [0.1, 0.15) is 23.0 Å². The summed E-state index contributed by atoms with van der Waals surface area (Å²) in [7, 11) is 0. The maximum absolute atomic E-state index is 6.90. The second kappa shape index (κ2) is 13.4. The Kier molecular flexibility index (Phi) is 7.77. The van der Waals surface area contributed by atoms with Gasteiger partial charge in [-0.2, -0.15) is 0 Å². The standard InChI is InChI=1S/C58H38O2S2/c1-57(2)43-28-30-51-55(59-47-20-9-11-22-49(47)61-51)53(43)41-26-24-37(33-45(41)57)35-14-13-15-36(32-35)38-25-27-42-46(34-38)58(39-16-5-3-6-17-39,40-18-7-4-8-19-40)44-29-31-52-56(54(42)44)60-48-21-10-12-23-50(48)62-52/h3-34H,1-2H3. The van der Waals surface area contributed by atoms with Gasteiger partial charge in [0.05, 0.1) is 25.0 Å². The third kappa shape index (κ3) is 5.08. The van der Waals surface area contributed by atoms with Crippen LogP contribution in [0, 0.1) is 0 Å². The average molecular weight is 831 g/mol. The average Bonchev–Trinajstić information content (AvgIpc) is 3.76.